The fraction of sp³-hybridized carbons (Fsp3) is 0.414. The summed E-state index contributed by atoms with van der Waals surface area (Å²) in [6, 6.07) is 17.6. The molecule has 4 rings (SSSR count). The van der Waals surface area contributed by atoms with Crippen molar-refractivity contribution in [3.63, 3.8) is 0 Å². The van der Waals surface area contributed by atoms with Gasteiger partial charge in [-0.2, -0.15) is 0 Å². The van der Waals surface area contributed by atoms with Crippen LogP contribution in [0.4, 0.5) is 4.39 Å². The van der Waals surface area contributed by atoms with Gasteiger partial charge >= 0.3 is 0 Å². The highest BCUT2D eigenvalue weighted by Crippen LogP contribution is 2.34. The van der Waals surface area contributed by atoms with E-state index in [2.05, 4.69) is 18.4 Å². The Morgan fingerprint density at radius 1 is 1.19 bits per heavy atom. The SMILES string of the molecule is CCCN(CC(=O)N1CCc2sccc2[C@H]1COc1ccc(F)cc1)C[C@H](O)COCc1ccccc1. The van der Waals surface area contributed by atoms with Gasteiger partial charge in [-0.25, -0.2) is 4.39 Å². The maximum atomic E-state index is 13.5. The highest BCUT2D eigenvalue weighted by molar-refractivity contribution is 7.10. The molecule has 1 N–H and O–H groups in total. The van der Waals surface area contributed by atoms with Crippen LogP contribution in [0.15, 0.2) is 66.0 Å². The minimum Gasteiger partial charge on any atom is -0.491 e. The number of fused-ring (bicyclic) bond motifs is 1. The lowest BCUT2D eigenvalue weighted by Crippen LogP contribution is -2.48. The number of thiophene rings is 1. The summed E-state index contributed by atoms with van der Waals surface area (Å²) in [5.74, 6) is 0.267. The molecule has 1 aliphatic rings. The molecule has 0 saturated heterocycles. The zero-order valence-electron chi connectivity index (χ0n) is 21.2. The monoisotopic (exact) mass is 526 g/mol. The quantitative estimate of drug-likeness (QED) is 0.350. The average Bonchev–Trinajstić information content (AvgIpc) is 3.38. The van der Waals surface area contributed by atoms with Crippen LogP contribution in [0, 0.1) is 5.82 Å². The number of hydrogen-bond donors (Lipinski definition) is 1. The van der Waals surface area contributed by atoms with Crippen LogP contribution >= 0.6 is 11.3 Å². The highest BCUT2D eigenvalue weighted by atomic mass is 32.1. The number of nitrogens with zero attached hydrogens (tertiary/aromatic N) is 2. The standard InChI is InChI=1S/C29H35FN2O4S/c1-2-14-31(17-24(33)20-35-19-22-6-4-3-5-7-22)18-29(34)32-15-12-28-26(13-16-37-28)27(32)21-36-25-10-8-23(30)9-11-25/h3-11,13,16,24,27,33H,2,12,14-15,17-21H2,1H3/t24-,27+/m0/s1. The maximum Gasteiger partial charge on any atom is 0.237 e. The number of carbonyl (C=O) groups is 1. The zero-order chi connectivity index (χ0) is 26.0. The molecular formula is C29H35FN2O4S. The largest absolute Gasteiger partial charge is 0.491 e. The normalized spacial score (nSPS) is 16.0. The second-order valence-corrected chi connectivity index (χ2v) is 10.3. The second kappa shape index (κ2) is 13.7. The van der Waals surface area contributed by atoms with E-state index in [1.807, 2.05) is 40.1 Å². The molecule has 2 aromatic carbocycles. The molecule has 3 aromatic rings. The smallest absolute Gasteiger partial charge is 0.237 e. The molecule has 8 heteroatoms. The number of benzene rings is 2. The van der Waals surface area contributed by atoms with E-state index in [4.69, 9.17) is 9.47 Å². The predicted octanol–water partition coefficient (Wildman–Crippen LogP) is 4.68. The lowest BCUT2D eigenvalue weighted by atomic mass is 10.0. The second-order valence-electron chi connectivity index (χ2n) is 9.31. The number of aliphatic hydroxyl groups excluding tert-OH is 1. The van der Waals surface area contributed by atoms with E-state index >= 15 is 0 Å². The zero-order valence-corrected chi connectivity index (χ0v) is 22.0. The molecule has 0 aliphatic carbocycles. The summed E-state index contributed by atoms with van der Waals surface area (Å²) in [5.41, 5.74) is 2.17. The van der Waals surface area contributed by atoms with E-state index in [9.17, 15) is 14.3 Å². The minimum atomic E-state index is -0.689. The number of amides is 1. The Balaban J connectivity index is 1.35. The van der Waals surface area contributed by atoms with Gasteiger partial charge in [0.2, 0.25) is 5.91 Å². The van der Waals surface area contributed by atoms with Gasteiger partial charge in [-0.15, -0.1) is 11.3 Å². The molecule has 0 bridgehead atoms. The number of rotatable bonds is 13. The Bertz CT molecular complexity index is 1110. The van der Waals surface area contributed by atoms with Crippen molar-refractivity contribution < 1.29 is 23.8 Å². The fourth-order valence-electron chi connectivity index (χ4n) is 4.65. The van der Waals surface area contributed by atoms with Gasteiger partial charge < -0.3 is 19.5 Å². The van der Waals surface area contributed by atoms with E-state index in [1.165, 1.54) is 17.0 Å². The molecule has 0 spiro atoms. The number of hydrogen-bond acceptors (Lipinski definition) is 6. The summed E-state index contributed by atoms with van der Waals surface area (Å²) in [6.07, 6.45) is 0.997. The first-order valence-corrected chi connectivity index (χ1v) is 13.7. The van der Waals surface area contributed by atoms with Crippen LogP contribution in [0.2, 0.25) is 0 Å². The fourth-order valence-corrected chi connectivity index (χ4v) is 5.58. The Kier molecular flexibility index (Phi) is 10.1. The van der Waals surface area contributed by atoms with Gasteiger partial charge in [0.05, 0.1) is 31.9 Å². The number of aliphatic hydroxyl groups is 1. The van der Waals surface area contributed by atoms with Crippen molar-refractivity contribution in [2.24, 2.45) is 0 Å². The Labute approximate surface area is 222 Å². The Hall–Kier alpha value is -2.78. The van der Waals surface area contributed by atoms with Crippen LogP contribution in [0.25, 0.3) is 0 Å². The number of halogens is 1. The lowest BCUT2D eigenvalue weighted by molar-refractivity contribution is -0.136. The molecule has 1 amide bonds. The molecule has 2 heterocycles. The van der Waals surface area contributed by atoms with Gasteiger partial charge in [0, 0.05) is 18.0 Å². The molecule has 6 nitrogen and oxygen atoms in total. The minimum absolute atomic E-state index is 0.00964. The summed E-state index contributed by atoms with van der Waals surface area (Å²) < 4.78 is 25.0. The molecule has 0 saturated carbocycles. The third-order valence-electron chi connectivity index (χ3n) is 6.43. The predicted molar refractivity (Wildman–Crippen MR) is 143 cm³/mol. The summed E-state index contributed by atoms with van der Waals surface area (Å²) in [7, 11) is 0. The Morgan fingerprint density at radius 2 is 1.97 bits per heavy atom. The van der Waals surface area contributed by atoms with Gasteiger partial charge in [0.25, 0.3) is 0 Å². The van der Waals surface area contributed by atoms with Gasteiger partial charge in [-0.1, -0.05) is 37.3 Å². The van der Waals surface area contributed by atoms with Gasteiger partial charge in [0.1, 0.15) is 18.2 Å². The first kappa shape index (κ1) is 27.3. The molecule has 198 valence electrons. The van der Waals surface area contributed by atoms with E-state index in [0.717, 1.165) is 24.0 Å². The van der Waals surface area contributed by atoms with Crippen LogP contribution in [0.1, 0.15) is 35.4 Å². The topological polar surface area (TPSA) is 62.2 Å². The summed E-state index contributed by atoms with van der Waals surface area (Å²) in [5, 5.41) is 12.6. The summed E-state index contributed by atoms with van der Waals surface area (Å²) >= 11 is 1.70. The van der Waals surface area contributed by atoms with Crippen LogP contribution in [0.5, 0.6) is 5.75 Å². The van der Waals surface area contributed by atoms with Crippen LogP contribution in [0.3, 0.4) is 0 Å². The Morgan fingerprint density at radius 3 is 2.73 bits per heavy atom. The number of carbonyl (C=O) groups excluding carboxylic acids is 1. The van der Waals surface area contributed by atoms with Crippen LogP contribution in [-0.4, -0.2) is 66.3 Å². The molecule has 2 atom stereocenters. The number of ether oxygens (including phenoxy) is 2. The molecule has 0 fully saturated rings. The molecule has 0 radical (unpaired) electrons. The van der Waals surface area contributed by atoms with E-state index < -0.39 is 6.10 Å². The summed E-state index contributed by atoms with van der Waals surface area (Å²) in [6.45, 7) is 4.91. The van der Waals surface area contributed by atoms with Crippen molar-refractivity contribution in [3.05, 3.63) is 87.9 Å². The van der Waals surface area contributed by atoms with Crippen molar-refractivity contribution in [2.75, 3.05) is 39.4 Å². The average molecular weight is 527 g/mol. The van der Waals surface area contributed by atoms with Crippen LogP contribution in [-0.2, 0) is 22.6 Å². The maximum absolute atomic E-state index is 13.5. The highest BCUT2D eigenvalue weighted by Gasteiger charge is 2.33. The first-order chi connectivity index (χ1) is 18.0. The van der Waals surface area contributed by atoms with Crippen molar-refractivity contribution in [3.8, 4) is 5.75 Å². The molecule has 0 unspecified atom stereocenters. The van der Waals surface area contributed by atoms with E-state index in [1.54, 1.807) is 23.5 Å². The van der Waals surface area contributed by atoms with Crippen molar-refractivity contribution in [2.45, 2.75) is 38.5 Å². The van der Waals surface area contributed by atoms with Gasteiger partial charge in [-0.05, 0) is 66.2 Å². The third kappa shape index (κ3) is 7.85. The van der Waals surface area contributed by atoms with Crippen molar-refractivity contribution >= 4 is 17.2 Å². The van der Waals surface area contributed by atoms with Crippen LogP contribution < -0.4 is 4.74 Å². The molecule has 1 aliphatic heterocycles. The lowest BCUT2D eigenvalue weighted by Gasteiger charge is -2.37. The first-order valence-electron chi connectivity index (χ1n) is 12.8. The van der Waals surface area contributed by atoms with Gasteiger partial charge in [-0.3, -0.25) is 9.69 Å². The molecule has 37 heavy (non-hydrogen) atoms. The molecule has 1 aromatic heterocycles. The third-order valence-corrected chi connectivity index (χ3v) is 7.42. The van der Waals surface area contributed by atoms with Crippen molar-refractivity contribution in [1.29, 1.82) is 0 Å². The summed E-state index contributed by atoms with van der Waals surface area (Å²) in [4.78, 5) is 18.7. The van der Waals surface area contributed by atoms with Gasteiger partial charge in [0.15, 0.2) is 0 Å². The van der Waals surface area contributed by atoms with Crippen molar-refractivity contribution in [1.82, 2.24) is 9.80 Å². The molecular weight excluding hydrogens is 491 g/mol. The van der Waals surface area contributed by atoms with E-state index in [0.29, 0.717) is 38.6 Å². The van der Waals surface area contributed by atoms with E-state index in [-0.39, 0.29) is 30.9 Å².